The van der Waals surface area contributed by atoms with E-state index in [0.29, 0.717) is 11.4 Å². The van der Waals surface area contributed by atoms with Gasteiger partial charge in [-0.05, 0) is 37.6 Å². The molecule has 0 aliphatic carbocycles. The number of para-hydroxylation sites is 1. The number of aromatic nitrogens is 2. The molecular weight excluding hydrogens is 306 g/mol. The van der Waals surface area contributed by atoms with E-state index in [-0.39, 0.29) is 18.3 Å². The van der Waals surface area contributed by atoms with E-state index in [1.54, 1.807) is 23.0 Å². The maximum atomic E-state index is 12.2. The van der Waals surface area contributed by atoms with Crippen molar-refractivity contribution < 1.29 is 13.9 Å². The van der Waals surface area contributed by atoms with Gasteiger partial charge in [-0.1, -0.05) is 18.2 Å². The van der Waals surface area contributed by atoms with Crippen molar-refractivity contribution in [3.63, 3.8) is 0 Å². The molecule has 124 valence electrons. The van der Waals surface area contributed by atoms with Crippen molar-refractivity contribution >= 4 is 11.6 Å². The molecule has 0 unspecified atom stereocenters. The van der Waals surface area contributed by atoms with E-state index in [2.05, 4.69) is 10.4 Å². The summed E-state index contributed by atoms with van der Waals surface area (Å²) in [5, 5.41) is 6.88. The van der Waals surface area contributed by atoms with Crippen LogP contribution in [0.15, 0.2) is 47.0 Å². The van der Waals surface area contributed by atoms with Crippen molar-refractivity contribution in [1.29, 1.82) is 0 Å². The van der Waals surface area contributed by atoms with Gasteiger partial charge >= 0.3 is 0 Å². The maximum absolute atomic E-state index is 12.2. The number of carbonyl (C=O) groups excluding carboxylic acids is 1. The lowest BCUT2D eigenvalue weighted by Gasteiger charge is -2.06. The first-order valence-corrected chi connectivity index (χ1v) is 7.61. The lowest BCUT2D eigenvalue weighted by Crippen LogP contribution is -2.11. The highest BCUT2D eigenvalue weighted by atomic mass is 16.5. The van der Waals surface area contributed by atoms with Crippen LogP contribution in [-0.4, -0.2) is 15.7 Å². The Morgan fingerprint density at radius 3 is 2.75 bits per heavy atom. The maximum Gasteiger partial charge on any atom is 0.291 e. The second-order valence-corrected chi connectivity index (χ2v) is 5.54. The first-order valence-electron chi connectivity index (χ1n) is 7.61. The van der Waals surface area contributed by atoms with Crippen LogP contribution < -0.4 is 10.1 Å². The molecule has 1 N–H and O–H groups in total. The second-order valence-electron chi connectivity index (χ2n) is 5.54. The SMILES string of the molecule is Cc1ccccc1OCc1ccc(C(=O)Nc2cnn(C)c2C)o1. The van der Waals surface area contributed by atoms with Gasteiger partial charge in [-0.3, -0.25) is 9.48 Å². The van der Waals surface area contributed by atoms with Gasteiger partial charge in [0, 0.05) is 7.05 Å². The molecule has 3 aromatic rings. The number of carbonyl (C=O) groups is 1. The molecule has 1 aromatic carbocycles. The summed E-state index contributed by atoms with van der Waals surface area (Å²) in [4.78, 5) is 12.2. The third-order valence-electron chi connectivity index (χ3n) is 3.83. The number of furan rings is 1. The molecule has 0 bridgehead atoms. The van der Waals surface area contributed by atoms with E-state index in [1.165, 1.54) is 0 Å². The third kappa shape index (κ3) is 3.32. The van der Waals surface area contributed by atoms with Crippen LogP contribution in [0.2, 0.25) is 0 Å². The van der Waals surface area contributed by atoms with Gasteiger partial charge in [-0.2, -0.15) is 5.10 Å². The minimum absolute atomic E-state index is 0.238. The fourth-order valence-corrected chi connectivity index (χ4v) is 2.25. The van der Waals surface area contributed by atoms with Crippen molar-refractivity contribution in [1.82, 2.24) is 9.78 Å². The molecule has 0 aliphatic heterocycles. The van der Waals surface area contributed by atoms with Gasteiger partial charge in [0.15, 0.2) is 5.76 Å². The van der Waals surface area contributed by atoms with Crippen molar-refractivity contribution in [3.05, 3.63) is 65.4 Å². The topological polar surface area (TPSA) is 69.3 Å². The lowest BCUT2D eigenvalue weighted by molar-refractivity contribution is 0.0992. The molecule has 0 radical (unpaired) electrons. The Bertz CT molecular complexity index is 864. The van der Waals surface area contributed by atoms with Crippen LogP contribution >= 0.6 is 0 Å². The number of hydrogen-bond donors (Lipinski definition) is 1. The zero-order chi connectivity index (χ0) is 17.1. The van der Waals surface area contributed by atoms with Crippen LogP contribution in [0, 0.1) is 13.8 Å². The van der Waals surface area contributed by atoms with Crippen molar-refractivity contribution in [3.8, 4) is 5.75 Å². The molecule has 6 nitrogen and oxygen atoms in total. The fourth-order valence-electron chi connectivity index (χ4n) is 2.25. The number of nitrogens with one attached hydrogen (secondary N) is 1. The van der Waals surface area contributed by atoms with Crippen molar-refractivity contribution in [2.75, 3.05) is 5.32 Å². The van der Waals surface area contributed by atoms with Gasteiger partial charge in [0.1, 0.15) is 18.1 Å². The summed E-state index contributed by atoms with van der Waals surface area (Å²) in [5.41, 5.74) is 2.59. The number of rotatable bonds is 5. The van der Waals surface area contributed by atoms with Crippen LogP contribution in [0.25, 0.3) is 0 Å². The number of hydrogen-bond acceptors (Lipinski definition) is 4. The summed E-state index contributed by atoms with van der Waals surface area (Å²) in [6.07, 6.45) is 1.61. The quantitative estimate of drug-likeness (QED) is 0.780. The highest BCUT2D eigenvalue weighted by Crippen LogP contribution is 2.19. The molecule has 2 heterocycles. The molecular formula is C18H19N3O3. The smallest absolute Gasteiger partial charge is 0.291 e. The van der Waals surface area contributed by atoms with E-state index in [1.807, 2.05) is 45.2 Å². The fraction of sp³-hybridized carbons (Fsp3) is 0.222. The van der Waals surface area contributed by atoms with E-state index in [9.17, 15) is 4.79 Å². The number of anilines is 1. The largest absolute Gasteiger partial charge is 0.485 e. The summed E-state index contributed by atoms with van der Waals surface area (Å²) < 4.78 is 13.0. The zero-order valence-corrected chi connectivity index (χ0v) is 13.9. The Labute approximate surface area is 140 Å². The van der Waals surface area contributed by atoms with E-state index < -0.39 is 0 Å². The number of aryl methyl sites for hydroxylation is 2. The molecule has 0 saturated carbocycles. The first-order chi connectivity index (χ1) is 11.5. The summed E-state index contributed by atoms with van der Waals surface area (Å²) in [7, 11) is 1.82. The Balaban J connectivity index is 1.63. The van der Waals surface area contributed by atoms with Gasteiger partial charge in [-0.25, -0.2) is 0 Å². The molecule has 3 rings (SSSR count). The highest BCUT2D eigenvalue weighted by Gasteiger charge is 2.14. The van der Waals surface area contributed by atoms with Crippen molar-refractivity contribution in [2.24, 2.45) is 7.05 Å². The number of nitrogens with zero attached hydrogens (tertiary/aromatic N) is 2. The Morgan fingerprint density at radius 1 is 1.25 bits per heavy atom. The Hall–Kier alpha value is -3.02. The average molecular weight is 325 g/mol. The predicted octanol–water partition coefficient (Wildman–Crippen LogP) is 3.46. The molecule has 6 heteroatoms. The molecule has 0 aliphatic rings. The average Bonchev–Trinajstić information content (AvgIpc) is 3.16. The van der Waals surface area contributed by atoms with Gasteiger partial charge < -0.3 is 14.5 Å². The van der Waals surface area contributed by atoms with Gasteiger partial charge in [0.25, 0.3) is 5.91 Å². The monoisotopic (exact) mass is 325 g/mol. The van der Waals surface area contributed by atoms with Crippen LogP contribution in [-0.2, 0) is 13.7 Å². The van der Waals surface area contributed by atoms with Gasteiger partial charge in [0.05, 0.1) is 17.6 Å². The normalized spacial score (nSPS) is 10.6. The molecule has 0 spiro atoms. The Kier molecular flexibility index (Phi) is 4.37. The number of benzene rings is 1. The molecule has 24 heavy (non-hydrogen) atoms. The van der Waals surface area contributed by atoms with Crippen LogP contribution in [0.1, 0.15) is 27.6 Å². The first kappa shape index (κ1) is 15.9. The number of ether oxygens (including phenoxy) is 1. The van der Waals surface area contributed by atoms with Crippen LogP contribution in [0.3, 0.4) is 0 Å². The minimum atomic E-state index is -0.312. The summed E-state index contributed by atoms with van der Waals surface area (Å²) in [5.74, 6) is 1.31. The van der Waals surface area contributed by atoms with E-state index in [4.69, 9.17) is 9.15 Å². The third-order valence-corrected chi connectivity index (χ3v) is 3.83. The van der Waals surface area contributed by atoms with Crippen molar-refractivity contribution in [2.45, 2.75) is 20.5 Å². The predicted molar refractivity (Wildman–Crippen MR) is 90.1 cm³/mol. The van der Waals surface area contributed by atoms with E-state index >= 15 is 0 Å². The van der Waals surface area contributed by atoms with Gasteiger partial charge in [-0.15, -0.1) is 0 Å². The zero-order valence-electron chi connectivity index (χ0n) is 13.9. The molecule has 0 atom stereocenters. The lowest BCUT2D eigenvalue weighted by atomic mass is 10.2. The summed E-state index contributed by atoms with van der Waals surface area (Å²) in [6.45, 7) is 4.13. The summed E-state index contributed by atoms with van der Waals surface area (Å²) >= 11 is 0. The standard InChI is InChI=1S/C18H19N3O3/c1-12-6-4-5-7-16(12)23-11-14-8-9-17(24-14)18(22)20-15-10-19-21(3)13(15)2/h4-10H,11H2,1-3H3,(H,20,22). The molecule has 0 saturated heterocycles. The highest BCUT2D eigenvalue weighted by molar-refractivity contribution is 6.02. The Morgan fingerprint density at radius 2 is 2.04 bits per heavy atom. The molecule has 1 amide bonds. The van der Waals surface area contributed by atoms with Crippen LogP contribution in [0.5, 0.6) is 5.75 Å². The van der Waals surface area contributed by atoms with E-state index in [0.717, 1.165) is 17.0 Å². The molecule has 2 aromatic heterocycles. The second kappa shape index (κ2) is 6.62. The van der Waals surface area contributed by atoms with Gasteiger partial charge in [0.2, 0.25) is 0 Å². The molecule has 0 fully saturated rings. The summed E-state index contributed by atoms with van der Waals surface area (Å²) in [6, 6.07) is 11.1. The number of amides is 1. The van der Waals surface area contributed by atoms with Crippen LogP contribution in [0.4, 0.5) is 5.69 Å². The minimum Gasteiger partial charge on any atom is -0.485 e.